The number of rotatable bonds is 8. The molecule has 1 aromatic heterocycles. The van der Waals surface area contributed by atoms with E-state index in [4.69, 9.17) is 14.2 Å². The van der Waals surface area contributed by atoms with Crippen LogP contribution in [0.15, 0.2) is 48.7 Å². The first-order valence-corrected chi connectivity index (χ1v) is 13.6. The minimum Gasteiger partial charge on any atom is -0.494 e. The number of amides is 2. The van der Waals surface area contributed by atoms with Crippen molar-refractivity contribution in [3.05, 3.63) is 65.7 Å². The van der Waals surface area contributed by atoms with Gasteiger partial charge in [-0.1, -0.05) is 6.07 Å². The number of halogens is 1. The Kier molecular flexibility index (Phi) is 8.96. The summed E-state index contributed by atoms with van der Waals surface area (Å²) in [6, 6.07) is 11.4. The molecule has 1 N–H and O–H groups in total. The zero-order valence-electron chi connectivity index (χ0n) is 23.7. The Hall–Kier alpha value is -4.08. The van der Waals surface area contributed by atoms with Crippen LogP contribution in [0.3, 0.4) is 0 Å². The first kappa shape index (κ1) is 28.9. The molecular weight excluding hydrogens is 515 g/mol. The summed E-state index contributed by atoms with van der Waals surface area (Å²) in [6.45, 7) is 11.1. The Bertz CT molecular complexity index is 1340. The van der Waals surface area contributed by atoms with Crippen molar-refractivity contribution in [2.75, 3.05) is 31.6 Å². The number of anilines is 1. The Morgan fingerprint density at radius 2 is 1.77 bits per heavy atom. The number of carbonyl (C=O) groups is 2. The molecule has 0 radical (unpaired) electrons. The fourth-order valence-corrected chi connectivity index (χ4v) is 4.74. The average Bonchev–Trinajstić information content (AvgIpc) is 3.35. The number of nitrogens with one attached hydrogen (secondary N) is 1. The summed E-state index contributed by atoms with van der Waals surface area (Å²) in [5.74, 6) is 0.238. The quantitative estimate of drug-likeness (QED) is 0.359. The molecule has 2 heterocycles. The molecule has 0 spiro atoms. The third kappa shape index (κ3) is 6.91. The predicted molar refractivity (Wildman–Crippen MR) is 150 cm³/mol. The fraction of sp³-hybridized carbons (Fsp3) is 0.433. The lowest BCUT2D eigenvalue weighted by molar-refractivity contribution is 0.0203. The lowest BCUT2D eigenvalue weighted by atomic mass is 9.90. The molecule has 0 atom stereocenters. The van der Waals surface area contributed by atoms with Crippen LogP contribution in [-0.4, -0.2) is 58.6 Å². The largest absolute Gasteiger partial charge is 0.494 e. The fourth-order valence-electron chi connectivity index (χ4n) is 4.74. The molecule has 4 rings (SSSR count). The van der Waals surface area contributed by atoms with Gasteiger partial charge in [0, 0.05) is 25.1 Å². The van der Waals surface area contributed by atoms with E-state index in [0.29, 0.717) is 73.3 Å². The number of likely N-dealkylation sites (tertiary alicyclic amines) is 1. The van der Waals surface area contributed by atoms with E-state index in [-0.39, 0.29) is 17.9 Å². The van der Waals surface area contributed by atoms with Crippen LogP contribution in [0.25, 0.3) is 5.69 Å². The number of hydrogen-bond donors (Lipinski definition) is 1. The molecule has 2 aromatic carbocycles. The molecular formula is C30H37FN4O5. The summed E-state index contributed by atoms with van der Waals surface area (Å²) in [7, 11) is 0. The number of aromatic nitrogens is 2. The Labute approximate surface area is 234 Å². The van der Waals surface area contributed by atoms with Gasteiger partial charge < -0.3 is 24.4 Å². The second kappa shape index (κ2) is 12.4. The van der Waals surface area contributed by atoms with Gasteiger partial charge in [-0.2, -0.15) is 5.10 Å². The first-order chi connectivity index (χ1) is 19.1. The Balaban J connectivity index is 1.65. The summed E-state index contributed by atoms with van der Waals surface area (Å²) >= 11 is 0. The van der Waals surface area contributed by atoms with Crippen LogP contribution in [0.1, 0.15) is 69.4 Å². The number of carbonyl (C=O) groups excluding carboxylic acids is 2. The van der Waals surface area contributed by atoms with Crippen LogP contribution in [-0.2, 0) is 4.74 Å². The minimum atomic E-state index is -0.588. The highest BCUT2D eigenvalue weighted by molar-refractivity contribution is 6.06. The molecule has 0 saturated carbocycles. The Morgan fingerprint density at radius 3 is 2.42 bits per heavy atom. The van der Waals surface area contributed by atoms with Gasteiger partial charge in [-0.15, -0.1) is 0 Å². The number of hydrogen-bond acceptors (Lipinski definition) is 6. The second-order valence-electron chi connectivity index (χ2n) is 10.6. The maximum Gasteiger partial charge on any atom is 0.410 e. The topological polar surface area (TPSA) is 94.9 Å². The van der Waals surface area contributed by atoms with Gasteiger partial charge in [0.25, 0.3) is 5.91 Å². The molecule has 0 aliphatic carbocycles. The molecule has 1 fully saturated rings. The van der Waals surface area contributed by atoms with Gasteiger partial charge in [0.2, 0.25) is 0 Å². The lowest BCUT2D eigenvalue weighted by Crippen LogP contribution is -2.41. The summed E-state index contributed by atoms with van der Waals surface area (Å²) in [6.07, 6.45) is 2.32. The first-order valence-electron chi connectivity index (χ1n) is 13.6. The zero-order chi connectivity index (χ0) is 28.9. The number of piperidine rings is 1. The summed E-state index contributed by atoms with van der Waals surface area (Å²) < 4.78 is 32.7. The van der Waals surface area contributed by atoms with Gasteiger partial charge in [-0.3, -0.25) is 4.79 Å². The third-order valence-electron chi connectivity index (χ3n) is 6.45. The summed E-state index contributed by atoms with van der Waals surface area (Å²) in [5, 5.41) is 7.46. The molecule has 1 aliphatic rings. The van der Waals surface area contributed by atoms with Crippen molar-refractivity contribution in [3.8, 4) is 17.2 Å². The van der Waals surface area contributed by atoms with Crippen LogP contribution in [0, 0.1) is 5.82 Å². The standard InChI is InChI=1S/C30H37FN4O5/c1-6-38-23-11-12-26(39-7-2)25(18-23)33-28(36)24-19-32-35(22-10-8-9-21(31)17-22)27(24)20-13-15-34(16-14-20)29(37)40-30(3,4)5/h8-12,17-20H,6-7,13-16H2,1-5H3,(H,33,36). The average molecular weight is 553 g/mol. The molecule has 1 saturated heterocycles. The van der Waals surface area contributed by atoms with Crippen molar-refractivity contribution < 1.29 is 28.2 Å². The van der Waals surface area contributed by atoms with Crippen molar-refractivity contribution in [2.24, 2.45) is 0 Å². The van der Waals surface area contributed by atoms with E-state index < -0.39 is 11.4 Å². The molecule has 9 nitrogen and oxygen atoms in total. The smallest absolute Gasteiger partial charge is 0.410 e. The SMILES string of the molecule is CCOc1ccc(OCC)c(NC(=O)c2cnn(-c3cccc(F)c3)c2C2CCN(C(=O)OC(C)(C)C)CC2)c1. The van der Waals surface area contributed by atoms with Gasteiger partial charge in [-0.25, -0.2) is 13.9 Å². The number of nitrogens with zero attached hydrogens (tertiary/aromatic N) is 3. The van der Waals surface area contributed by atoms with Gasteiger partial charge in [-0.05, 0) is 77.8 Å². The van der Waals surface area contributed by atoms with Crippen molar-refractivity contribution in [3.63, 3.8) is 0 Å². The molecule has 10 heteroatoms. The van der Waals surface area contributed by atoms with Crippen LogP contribution >= 0.6 is 0 Å². The molecule has 40 heavy (non-hydrogen) atoms. The predicted octanol–water partition coefficient (Wildman–Crippen LogP) is 6.18. The Morgan fingerprint density at radius 1 is 1.05 bits per heavy atom. The van der Waals surface area contributed by atoms with Crippen LogP contribution in [0.4, 0.5) is 14.9 Å². The van der Waals surface area contributed by atoms with Gasteiger partial charge in [0.1, 0.15) is 22.9 Å². The van der Waals surface area contributed by atoms with Gasteiger partial charge in [0.05, 0.1) is 42.0 Å². The van der Waals surface area contributed by atoms with E-state index in [0.717, 1.165) is 0 Å². The maximum atomic E-state index is 14.2. The van der Waals surface area contributed by atoms with Crippen LogP contribution < -0.4 is 14.8 Å². The van der Waals surface area contributed by atoms with Crippen molar-refractivity contribution >= 4 is 17.7 Å². The molecule has 214 valence electrons. The molecule has 1 aliphatic heterocycles. The summed E-state index contributed by atoms with van der Waals surface area (Å²) in [5.41, 5.74) is 1.42. The minimum absolute atomic E-state index is 0.105. The van der Waals surface area contributed by atoms with E-state index in [9.17, 15) is 14.0 Å². The number of benzene rings is 2. The van der Waals surface area contributed by atoms with E-state index in [1.807, 2.05) is 34.6 Å². The highest BCUT2D eigenvalue weighted by atomic mass is 19.1. The van der Waals surface area contributed by atoms with Crippen molar-refractivity contribution in [1.82, 2.24) is 14.7 Å². The highest BCUT2D eigenvalue weighted by Gasteiger charge is 2.32. The third-order valence-corrected chi connectivity index (χ3v) is 6.45. The monoisotopic (exact) mass is 552 g/mol. The molecule has 0 bridgehead atoms. The highest BCUT2D eigenvalue weighted by Crippen LogP contribution is 2.35. The van der Waals surface area contributed by atoms with Crippen LogP contribution in [0.2, 0.25) is 0 Å². The molecule has 2 amide bonds. The summed E-state index contributed by atoms with van der Waals surface area (Å²) in [4.78, 5) is 28.0. The second-order valence-corrected chi connectivity index (χ2v) is 10.6. The van der Waals surface area contributed by atoms with E-state index >= 15 is 0 Å². The zero-order valence-corrected chi connectivity index (χ0v) is 23.7. The molecule has 0 unspecified atom stereocenters. The lowest BCUT2D eigenvalue weighted by Gasteiger charge is -2.34. The molecule has 3 aromatic rings. The van der Waals surface area contributed by atoms with E-state index in [2.05, 4.69) is 10.4 Å². The van der Waals surface area contributed by atoms with Crippen molar-refractivity contribution in [2.45, 2.75) is 59.0 Å². The van der Waals surface area contributed by atoms with Gasteiger partial charge in [0.15, 0.2) is 0 Å². The van der Waals surface area contributed by atoms with Crippen molar-refractivity contribution in [1.29, 1.82) is 0 Å². The van der Waals surface area contributed by atoms with E-state index in [1.54, 1.807) is 39.9 Å². The maximum absolute atomic E-state index is 14.2. The van der Waals surface area contributed by atoms with Gasteiger partial charge >= 0.3 is 6.09 Å². The normalized spacial score (nSPS) is 14.1. The van der Waals surface area contributed by atoms with E-state index in [1.165, 1.54) is 18.3 Å². The number of ether oxygens (including phenoxy) is 3. The van der Waals surface area contributed by atoms with Crippen LogP contribution in [0.5, 0.6) is 11.5 Å².